The number of nitrogens with zero attached hydrogens (tertiary/aromatic N) is 2. The standard InChI is InChI=1S/C20H22N4O3/c1-4-22-19(25)23-16-6-5-7-18(13-16)27-20(26)24(11-10-21)17-9-8-14(2)15(3)12-17/h5-9,12-13H,4,11H2,1-3H3,(H2,22,23,25). The predicted octanol–water partition coefficient (Wildman–Crippen LogP) is 3.97. The summed E-state index contributed by atoms with van der Waals surface area (Å²) in [4.78, 5) is 25.5. The van der Waals surface area contributed by atoms with Crippen LogP contribution in [0.1, 0.15) is 18.1 Å². The summed E-state index contributed by atoms with van der Waals surface area (Å²) in [5, 5.41) is 14.3. The molecule has 27 heavy (non-hydrogen) atoms. The second-order valence-electron chi connectivity index (χ2n) is 5.89. The van der Waals surface area contributed by atoms with E-state index in [0.29, 0.717) is 17.9 Å². The molecule has 0 spiro atoms. The van der Waals surface area contributed by atoms with Crippen LogP contribution >= 0.6 is 0 Å². The van der Waals surface area contributed by atoms with Crippen LogP contribution in [0.15, 0.2) is 42.5 Å². The van der Waals surface area contributed by atoms with Crippen molar-refractivity contribution in [2.45, 2.75) is 20.8 Å². The van der Waals surface area contributed by atoms with Gasteiger partial charge in [0, 0.05) is 24.0 Å². The van der Waals surface area contributed by atoms with Crippen LogP contribution in [-0.2, 0) is 0 Å². The first-order chi connectivity index (χ1) is 12.9. The zero-order valence-corrected chi connectivity index (χ0v) is 15.6. The van der Waals surface area contributed by atoms with Crippen LogP contribution in [0.5, 0.6) is 5.75 Å². The number of rotatable bonds is 5. The Morgan fingerprint density at radius 2 is 1.93 bits per heavy atom. The molecule has 0 bridgehead atoms. The number of benzene rings is 2. The number of carbonyl (C=O) groups excluding carboxylic acids is 2. The highest BCUT2D eigenvalue weighted by atomic mass is 16.6. The predicted molar refractivity (Wildman–Crippen MR) is 104 cm³/mol. The molecule has 0 unspecified atom stereocenters. The van der Waals surface area contributed by atoms with E-state index in [0.717, 1.165) is 11.1 Å². The Balaban J connectivity index is 2.16. The summed E-state index contributed by atoms with van der Waals surface area (Å²) in [6, 6.07) is 13.6. The molecule has 0 fully saturated rings. The van der Waals surface area contributed by atoms with Gasteiger partial charge in [-0.2, -0.15) is 5.26 Å². The Labute approximate surface area is 158 Å². The van der Waals surface area contributed by atoms with E-state index in [1.165, 1.54) is 11.0 Å². The molecule has 2 aromatic carbocycles. The molecule has 0 aliphatic carbocycles. The van der Waals surface area contributed by atoms with E-state index in [2.05, 4.69) is 10.6 Å². The molecule has 7 heteroatoms. The Morgan fingerprint density at radius 3 is 2.59 bits per heavy atom. The van der Waals surface area contributed by atoms with Crippen molar-refractivity contribution < 1.29 is 14.3 Å². The molecule has 0 heterocycles. The molecule has 0 saturated heterocycles. The average molecular weight is 366 g/mol. The van der Waals surface area contributed by atoms with Gasteiger partial charge in [-0.25, -0.2) is 9.59 Å². The minimum absolute atomic E-state index is 0.141. The zero-order valence-electron chi connectivity index (χ0n) is 15.6. The number of anilines is 2. The van der Waals surface area contributed by atoms with E-state index in [1.54, 1.807) is 24.3 Å². The number of hydrogen-bond donors (Lipinski definition) is 2. The summed E-state index contributed by atoms with van der Waals surface area (Å²) in [6.45, 7) is 6.08. The lowest BCUT2D eigenvalue weighted by molar-refractivity contribution is 0.208. The third kappa shape index (κ3) is 5.47. The Bertz CT molecular complexity index is 874. The molecule has 2 aromatic rings. The van der Waals surface area contributed by atoms with Gasteiger partial charge < -0.3 is 15.4 Å². The van der Waals surface area contributed by atoms with Gasteiger partial charge in [0.1, 0.15) is 12.3 Å². The number of amides is 3. The Hall–Kier alpha value is -3.53. The molecule has 140 valence electrons. The summed E-state index contributed by atoms with van der Waals surface area (Å²) in [6.07, 6.45) is -0.671. The zero-order chi connectivity index (χ0) is 19.8. The fourth-order valence-corrected chi connectivity index (χ4v) is 2.35. The van der Waals surface area contributed by atoms with Gasteiger partial charge in [-0.3, -0.25) is 4.90 Å². The highest BCUT2D eigenvalue weighted by Crippen LogP contribution is 2.22. The molecule has 0 aliphatic heterocycles. The van der Waals surface area contributed by atoms with Crippen LogP contribution in [0.2, 0.25) is 0 Å². The normalized spacial score (nSPS) is 9.85. The molecule has 7 nitrogen and oxygen atoms in total. The molecule has 0 radical (unpaired) electrons. The minimum Gasteiger partial charge on any atom is -0.410 e. The van der Waals surface area contributed by atoms with Crippen LogP contribution in [0.3, 0.4) is 0 Å². The lowest BCUT2D eigenvalue weighted by atomic mass is 10.1. The van der Waals surface area contributed by atoms with Crippen LogP contribution in [-0.4, -0.2) is 25.2 Å². The average Bonchev–Trinajstić information content (AvgIpc) is 2.62. The van der Waals surface area contributed by atoms with Crippen molar-refractivity contribution in [1.29, 1.82) is 5.26 Å². The van der Waals surface area contributed by atoms with Crippen LogP contribution in [0.4, 0.5) is 21.0 Å². The van der Waals surface area contributed by atoms with Crippen molar-refractivity contribution in [2.75, 3.05) is 23.3 Å². The van der Waals surface area contributed by atoms with Gasteiger partial charge in [0.25, 0.3) is 0 Å². The van der Waals surface area contributed by atoms with E-state index < -0.39 is 6.09 Å². The third-order valence-corrected chi connectivity index (χ3v) is 3.89. The second-order valence-corrected chi connectivity index (χ2v) is 5.89. The van der Waals surface area contributed by atoms with Gasteiger partial charge in [-0.1, -0.05) is 12.1 Å². The molecule has 2 N–H and O–H groups in total. The highest BCUT2D eigenvalue weighted by Gasteiger charge is 2.18. The van der Waals surface area contributed by atoms with Gasteiger partial charge in [0.2, 0.25) is 0 Å². The lowest BCUT2D eigenvalue weighted by Gasteiger charge is -2.20. The van der Waals surface area contributed by atoms with Gasteiger partial charge in [0.05, 0.1) is 6.07 Å². The minimum atomic E-state index is -0.671. The van der Waals surface area contributed by atoms with Gasteiger partial charge >= 0.3 is 12.1 Å². The topological polar surface area (TPSA) is 94.5 Å². The molecular formula is C20H22N4O3. The highest BCUT2D eigenvalue weighted by molar-refractivity contribution is 5.91. The summed E-state index contributed by atoms with van der Waals surface area (Å²) in [7, 11) is 0. The maximum absolute atomic E-state index is 12.6. The number of nitriles is 1. The van der Waals surface area contributed by atoms with Crippen LogP contribution in [0, 0.1) is 25.2 Å². The summed E-state index contributed by atoms with van der Waals surface area (Å²) >= 11 is 0. The van der Waals surface area contributed by atoms with Crippen molar-refractivity contribution in [2.24, 2.45) is 0 Å². The number of hydrogen-bond acceptors (Lipinski definition) is 4. The van der Waals surface area contributed by atoms with E-state index >= 15 is 0 Å². The molecule has 0 aliphatic rings. The van der Waals surface area contributed by atoms with Crippen molar-refractivity contribution in [3.63, 3.8) is 0 Å². The number of ether oxygens (including phenoxy) is 1. The maximum atomic E-state index is 12.6. The molecular weight excluding hydrogens is 344 g/mol. The number of carbonyl (C=O) groups is 2. The van der Waals surface area contributed by atoms with Gasteiger partial charge in [-0.05, 0) is 56.2 Å². The summed E-state index contributed by atoms with van der Waals surface area (Å²) < 4.78 is 5.40. The molecule has 3 amide bonds. The Morgan fingerprint density at radius 1 is 1.15 bits per heavy atom. The monoisotopic (exact) mass is 366 g/mol. The first kappa shape index (κ1) is 19.8. The number of nitrogens with one attached hydrogen (secondary N) is 2. The molecule has 0 atom stereocenters. The van der Waals surface area contributed by atoms with Crippen molar-refractivity contribution in [3.05, 3.63) is 53.6 Å². The first-order valence-corrected chi connectivity index (χ1v) is 8.53. The van der Waals surface area contributed by atoms with Crippen molar-refractivity contribution >= 4 is 23.5 Å². The third-order valence-electron chi connectivity index (χ3n) is 3.89. The summed E-state index contributed by atoms with van der Waals surface area (Å²) in [5.74, 6) is 0.265. The van der Waals surface area contributed by atoms with Gasteiger partial charge in [0.15, 0.2) is 0 Å². The first-order valence-electron chi connectivity index (χ1n) is 8.53. The quantitative estimate of drug-likeness (QED) is 0.783. The Kier molecular flexibility index (Phi) is 6.78. The fourth-order valence-electron chi connectivity index (χ4n) is 2.35. The second kappa shape index (κ2) is 9.25. The van der Waals surface area contributed by atoms with E-state index in [-0.39, 0.29) is 18.3 Å². The SMILES string of the molecule is CCNC(=O)Nc1cccc(OC(=O)N(CC#N)c2ccc(C)c(C)c2)c1. The van der Waals surface area contributed by atoms with Crippen LogP contribution < -0.4 is 20.3 Å². The van der Waals surface area contributed by atoms with Crippen LogP contribution in [0.25, 0.3) is 0 Å². The van der Waals surface area contributed by atoms with E-state index in [9.17, 15) is 9.59 Å². The molecule has 0 aromatic heterocycles. The number of urea groups is 1. The van der Waals surface area contributed by atoms with E-state index in [1.807, 2.05) is 39.0 Å². The number of aryl methyl sites for hydroxylation is 2. The smallest absolute Gasteiger partial charge is 0.410 e. The van der Waals surface area contributed by atoms with Gasteiger partial charge in [-0.15, -0.1) is 0 Å². The van der Waals surface area contributed by atoms with E-state index in [4.69, 9.17) is 10.00 Å². The van der Waals surface area contributed by atoms with Crippen molar-refractivity contribution in [1.82, 2.24) is 5.32 Å². The molecule has 2 rings (SSSR count). The largest absolute Gasteiger partial charge is 0.420 e. The summed E-state index contributed by atoms with van der Waals surface area (Å²) in [5.41, 5.74) is 3.18. The maximum Gasteiger partial charge on any atom is 0.420 e. The fraction of sp³-hybridized carbons (Fsp3) is 0.250. The van der Waals surface area contributed by atoms with Crippen molar-refractivity contribution in [3.8, 4) is 11.8 Å². The lowest BCUT2D eigenvalue weighted by Crippen LogP contribution is -2.34. The molecule has 0 saturated carbocycles.